The number of ketones is 1. The summed E-state index contributed by atoms with van der Waals surface area (Å²) in [6, 6.07) is -0.540. The quantitative estimate of drug-likeness (QED) is 0.739. The van der Waals surface area contributed by atoms with Crippen LogP contribution in [0.25, 0.3) is 0 Å². The molecule has 1 rings (SSSR count). The van der Waals surface area contributed by atoms with Crippen LogP contribution < -0.4 is 0 Å². The summed E-state index contributed by atoms with van der Waals surface area (Å²) >= 11 is 5.56. The molecule has 1 saturated heterocycles. The molecule has 1 heterocycles. The maximum atomic E-state index is 12.0. The lowest BCUT2D eigenvalue weighted by Gasteiger charge is -2.27. The highest BCUT2D eigenvalue weighted by Gasteiger charge is 2.40. The first-order valence-corrected chi connectivity index (χ1v) is 6.43. The van der Waals surface area contributed by atoms with E-state index in [0.717, 1.165) is 0 Å². The number of hydrogen-bond acceptors (Lipinski definition) is 4. The Kier molecular flexibility index (Phi) is 4.99. The third kappa shape index (κ3) is 3.85. The zero-order valence-corrected chi connectivity index (χ0v) is 12.0. The highest BCUT2D eigenvalue weighted by molar-refractivity contribution is 6.28. The molecule has 2 atom stereocenters. The smallest absolute Gasteiger partial charge is 0.410 e. The van der Waals surface area contributed by atoms with Crippen LogP contribution in [0.4, 0.5) is 4.79 Å². The number of carbonyl (C=O) groups excluding carboxylic acids is 2. The SMILES string of the molecule is CO[C@@H]1CC(C(=O)CCl)N(C(=O)OC(C)(C)C)C1. The number of likely N-dealkylation sites (tertiary alicyclic amines) is 1. The predicted molar refractivity (Wildman–Crippen MR) is 67.9 cm³/mol. The first-order chi connectivity index (χ1) is 8.28. The zero-order valence-electron chi connectivity index (χ0n) is 11.2. The maximum Gasteiger partial charge on any atom is 0.410 e. The van der Waals surface area contributed by atoms with Crippen LogP contribution in [0.2, 0.25) is 0 Å². The molecular weight excluding hydrogens is 258 g/mol. The van der Waals surface area contributed by atoms with Crippen LogP contribution in [-0.2, 0) is 14.3 Å². The molecule has 6 heteroatoms. The molecule has 18 heavy (non-hydrogen) atoms. The Bertz CT molecular complexity index is 327. The van der Waals surface area contributed by atoms with Crippen molar-refractivity contribution in [2.45, 2.75) is 44.9 Å². The van der Waals surface area contributed by atoms with Gasteiger partial charge < -0.3 is 9.47 Å². The lowest BCUT2D eigenvalue weighted by atomic mass is 10.1. The molecule has 0 aromatic rings. The summed E-state index contributed by atoms with van der Waals surface area (Å²) in [4.78, 5) is 25.1. The number of hydrogen-bond donors (Lipinski definition) is 0. The van der Waals surface area contributed by atoms with Gasteiger partial charge in [-0.05, 0) is 20.8 Å². The van der Waals surface area contributed by atoms with Crippen LogP contribution in [0, 0.1) is 0 Å². The summed E-state index contributed by atoms with van der Waals surface area (Å²) in [6.45, 7) is 5.71. The number of amides is 1. The fraction of sp³-hybridized carbons (Fsp3) is 0.833. The Morgan fingerprint density at radius 2 is 2.00 bits per heavy atom. The van der Waals surface area contributed by atoms with Crippen molar-refractivity contribution in [3.63, 3.8) is 0 Å². The van der Waals surface area contributed by atoms with Gasteiger partial charge in [-0.2, -0.15) is 0 Å². The van der Waals surface area contributed by atoms with Gasteiger partial charge in [0, 0.05) is 13.5 Å². The molecule has 0 saturated carbocycles. The number of Topliss-reactive ketones (excluding diaryl/α,β-unsaturated/α-hetero) is 1. The summed E-state index contributed by atoms with van der Waals surface area (Å²) in [5.41, 5.74) is -0.587. The molecule has 0 aromatic heterocycles. The van der Waals surface area contributed by atoms with Crippen LogP contribution in [0.5, 0.6) is 0 Å². The molecule has 104 valence electrons. The van der Waals surface area contributed by atoms with E-state index in [1.165, 1.54) is 4.90 Å². The van der Waals surface area contributed by atoms with Gasteiger partial charge in [0.25, 0.3) is 0 Å². The van der Waals surface area contributed by atoms with Gasteiger partial charge in [-0.1, -0.05) is 0 Å². The van der Waals surface area contributed by atoms with E-state index >= 15 is 0 Å². The summed E-state index contributed by atoms with van der Waals surface area (Å²) in [5.74, 6) is -0.289. The third-order valence-electron chi connectivity index (χ3n) is 2.73. The maximum absolute atomic E-state index is 12.0. The van der Waals surface area contributed by atoms with Crippen molar-refractivity contribution in [2.75, 3.05) is 19.5 Å². The Morgan fingerprint density at radius 3 is 2.44 bits per heavy atom. The molecule has 5 nitrogen and oxygen atoms in total. The van der Waals surface area contributed by atoms with E-state index in [-0.39, 0.29) is 17.8 Å². The first kappa shape index (κ1) is 15.2. The van der Waals surface area contributed by atoms with E-state index in [9.17, 15) is 9.59 Å². The van der Waals surface area contributed by atoms with Gasteiger partial charge in [-0.25, -0.2) is 4.79 Å². The number of rotatable bonds is 3. The van der Waals surface area contributed by atoms with Crippen LogP contribution in [0.15, 0.2) is 0 Å². The number of nitrogens with zero attached hydrogens (tertiary/aromatic N) is 1. The van der Waals surface area contributed by atoms with Gasteiger partial charge in [-0.15, -0.1) is 11.6 Å². The molecule has 0 aromatic carbocycles. The van der Waals surface area contributed by atoms with Gasteiger partial charge in [0.1, 0.15) is 5.60 Å². The fourth-order valence-electron chi connectivity index (χ4n) is 1.88. The van der Waals surface area contributed by atoms with Crippen LogP contribution in [-0.4, -0.2) is 54.1 Å². The molecule has 1 aliphatic heterocycles. The summed E-state index contributed by atoms with van der Waals surface area (Å²) < 4.78 is 10.5. The molecule has 1 unspecified atom stereocenters. The van der Waals surface area contributed by atoms with Crippen molar-refractivity contribution in [3.8, 4) is 0 Å². The standard InChI is InChI=1S/C12H20ClNO4/c1-12(2,3)18-11(16)14-7-8(17-4)5-9(14)10(15)6-13/h8-9H,5-7H2,1-4H3/t8-,9?/m1/s1. The number of ether oxygens (including phenoxy) is 2. The molecule has 0 radical (unpaired) electrons. The van der Waals surface area contributed by atoms with Crippen molar-refractivity contribution >= 4 is 23.5 Å². The van der Waals surface area contributed by atoms with Gasteiger partial charge in [0.2, 0.25) is 0 Å². The molecule has 1 aliphatic rings. The van der Waals surface area contributed by atoms with E-state index in [2.05, 4.69) is 0 Å². The van der Waals surface area contributed by atoms with E-state index < -0.39 is 17.7 Å². The third-order valence-corrected chi connectivity index (χ3v) is 2.99. The van der Waals surface area contributed by atoms with Crippen molar-refractivity contribution in [1.29, 1.82) is 0 Å². The van der Waals surface area contributed by atoms with Crippen molar-refractivity contribution < 1.29 is 19.1 Å². The number of carbonyl (C=O) groups is 2. The Morgan fingerprint density at radius 1 is 1.39 bits per heavy atom. The Labute approximate surface area is 112 Å². The lowest BCUT2D eigenvalue weighted by Crippen LogP contribution is -2.44. The fourth-order valence-corrected chi connectivity index (χ4v) is 2.06. The minimum Gasteiger partial charge on any atom is -0.444 e. The zero-order chi connectivity index (χ0) is 13.9. The normalized spacial score (nSPS) is 24.2. The largest absolute Gasteiger partial charge is 0.444 e. The molecule has 1 amide bonds. The Hall–Kier alpha value is -0.810. The lowest BCUT2D eigenvalue weighted by molar-refractivity contribution is -0.121. The van der Waals surface area contributed by atoms with Gasteiger partial charge in [0.15, 0.2) is 5.78 Å². The van der Waals surface area contributed by atoms with E-state index in [1.54, 1.807) is 27.9 Å². The van der Waals surface area contributed by atoms with Gasteiger partial charge in [0.05, 0.1) is 24.6 Å². The highest BCUT2D eigenvalue weighted by Crippen LogP contribution is 2.23. The second-order valence-electron chi connectivity index (χ2n) is 5.34. The topological polar surface area (TPSA) is 55.8 Å². The van der Waals surface area contributed by atoms with Crippen molar-refractivity contribution in [3.05, 3.63) is 0 Å². The van der Waals surface area contributed by atoms with Gasteiger partial charge >= 0.3 is 6.09 Å². The molecule has 0 spiro atoms. The second-order valence-corrected chi connectivity index (χ2v) is 5.61. The van der Waals surface area contributed by atoms with E-state index in [0.29, 0.717) is 13.0 Å². The molecular formula is C12H20ClNO4. The van der Waals surface area contributed by atoms with Crippen molar-refractivity contribution in [1.82, 2.24) is 4.90 Å². The van der Waals surface area contributed by atoms with Crippen LogP contribution >= 0.6 is 11.6 Å². The van der Waals surface area contributed by atoms with Crippen LogP contribution in [0.3, 0.4) is 0 Å². The summed E-state index contributed by atoms with van der Waals surface area (Å²) in [6.07, 6.45) is -0.165. The second kappa shape index (κ2) is 5.89. The Balaban J connectivity index is 2.77. The van der Waals surface area contributed by atoms with Crippen molar-refractivity contribution in [2.24, 2.45) is 0 Å². The minimum atomic E-state index is -0.587. The molecule has 1 fully saturated rings. The minimum absolute atomic E-state index is 0.111. The average Bonchev–Trinajstić information content (AvgIpc) is 2.69. The first-order valence-electron chi connectivity index (χ1n) is 5.89. The molecule has 0 N–H and O–H groups in total. The highest BCUT2D eigenvalue weighted by atomic mass is 35.5. The van der Waals surface area contributed by atoms with Crippen LogP contribution in [0.1, 0.15) is 27.2 Å². The van der Waals surface area contributed by atoms with E-state index in [1.807, 2.05) is 0 Å². The number of halogens is 1. The average molecular weight is 278 g/mol. The number of methoxy groups -OCH3 is 1. The monoisotopic (exact) mass is 277 g/mol. The summed E-state index contributed by atoms with van der Waals surface area (Å²) in [5, 5.41) is 0. The molecule has 0 bridgehead atoms. The van der Waals surface area contributed by atoms with Gasteiger partial charge in [-0.3, -0.25) is 9.69 Å². The van der Waals surface area contributed by atoms with E-state index in [4.69, 9.17) is 21.1 Å². The predicted octanol–water partition coefficient (Wildman–Crippen LogP) is 1.82. The summed E-state index contributed by atoms with van der Waals surface area (Å²) in [7, 11) is 1.56. The molecule has 0 aliphatic carbocycles. The number of alkyl halides is 1.